The van der Waals surface area contributed by atoms with Crippen molar-refractivity contribution in [3.05, 3.63) is 60.0 Å². The van der Waals surface area contributed by atoms with Crippen LogP contribution in [-0.2, 0) is 17.0 Å². The van der Waals surface area contributed by atoms with Crippen LogP contribution in [-0.4, -0.2) is 30.9 Å². The van der Waals surface area contributed by atoms with Gasteiger partial charge in [0.1, 0.15) is 11.5 Å². The van der Waals surface area contributed by atoms with Crippen LogP contribution in [0.2, 0.25) is 0 Å². The van der Waals surface area contributed by atoms with Gasteiger partial charge in [-0.3, -0.25) is 14.0 Å². The SMILES string of the molecule is O=C(CS(=O)c1cccc(F)c1)c1ccc(-c2noc(C(F)(F)F)n2)cn1. The zero-order valence-electron chi connectivity index (χ0n) is 13.2. The van der Waals surface area contributed by atoms with Gasteiger partial charge in [0, 0.05) is 16.7 Å². The second kappa shape index (κ2) is 7.35. The Labute approximate surface area is 151 Å². The summed E-state index contributed by atoms with van der Waals surface area (Å²) in [5.41, 5.74) is 0.0556. The third-order valence-electron chi connectivity index (χ3n) is 3.30. The molecule has 0 saturated heterocycles. The number of hydrogen-bond acceptors (Lipinski definition) is 6. The van der Waals surface area contributed by atoms with Gasteiger partial charge < -0.3 is 4.52 Å². The molecule has 0 aliphatic carbocycles. The fourth-order valence-corrected chi connectivity index (χ4v) is 3.06. The van der Waals surface area contributed by atoms with Gasteiger partial charge in [-0.05, 0) is 30.3 Å². The topological polar surface area (TPSA) is 86.0 Å². The van der Waals surface area contributed by atoms with E-state index in [-0.39, 0.29) is 22.0 Å². The molecule has 0 bridgehead atoms. The number of pyridine rings is 1. The first kappa shape index (κ1) is 18.8. The first-order chi connectivity index (χ1) is 12.7. The number of carbonyl (C=O) groups is 1. The van der Waals surface area contributed by atoms with Crippen LogP contribution in [0.3, 0.4) is 0 Å². The highest BCUT2D eigenvalue weighted by Gasteiger charge is 2.38. The molecule has 27 heavy (non-hydrogen) atoms. The van der Waals surface area contributed by atoms with E-state index in [1.807, 2.05) is 0 Å². The van der Waals surface area contributed by atoms with Crippen LogP contribution in [0.15, 0.2) is 52.0 Å². The summed E-state index contributed by atoms with van der Waals surface area (Å²) in [6.45, 7) is 0. The maximum Gasteiger partial charge on any atom is 0.471 e. The molecule has 6 nitrogen and oxygen atoms in total. The van der Waals surface area contributed by atoms with Crippen LogP contribution in [0.5, 0.6) is 0 Å². The van der Waals surface area contributed by atoms with E-state index in [0.717, 1.165) is 12.3 Å². The monoisotopic (exact) mass is 399 g/mol. The number of hydrogen-bond donors (Lipinski definition) is 0. The van der Waals surface area contributed by atoms with Gasteiger partial charge in [-0.1, -0.05) is 11.2 Å². The van der Waals surface area contributed by atoms with Crippen LogP contribution >= 0.6 is 0 Å². The van der Waals surface area contributed by atoms with Crippen molar-refractivity contribution in [3.8, 4) is 11.4 Å². The minimum absolute atomic E-state index is 0.0527. The van der Waals surface area contributed by atoms with Crippen molar-refractivity contribution in [2.75, 3.05) is 5.75 Å². The summed E-state index contributed by atoms with van der Waals surface area (Å²) >= 11 is 0. The Balaban J connectivity index is 1.72. The first-order valence-electron chi connectivity index (χ1n) is 7.28. The van der Waals surface area contributed by atoms with E-state index >= 15 is 0 Å². The quantitative estimate of drug-likeness (QED) is 0.484. The van der Waals surface area contributed by atoms with E-state index in [2.05, 4.69) is 19.6 Å². The van der Waals surface area contributed by atoms with Gasteiger partial charge >= 0.3 is 12.1 Å². The predicted molar refractivity (Wildman–Crippen MR) is 84.5 cm³/mol. The Bertz CT molecular complexity index is 1000. The zero-order valence-corrected chi connectivity index (χ0v) is 14.1. The van der Waals surface area contributed by atoms with Gasteiger partial charge in [-0.15, -0.1) is 0 Å². The van der Waals surface area contributed by atoms with Crippen molar-refractivity contribution < 1.29 is 31.1 Å². The largest absolute Gasteiger partial charge is 0.471 e. The molecular weight excluding hydrogens is 390 g/mol. The lowest BCUT2D eigenvalue weighted by Crippen LogP contribution is -2.12. The lowest BCUT2D eigenvalue weighted by molar-refractivity contribution is -0.159. The molecule has 2 heterocycles. The van der Waals surface area contributed by atoms with Crippen molar-refractivity contribution in [2.24, 2.45) is 0 Å². The lowest BCUT2D eigenvalue weighted by Gasteiger charge is -2.03. The van der Waals surface area contributed by atoms with Crippen molar-refractivity contribution in [1.29, 1.82) is 0 Å². The average molecular weight is 399 g/mol. The van der Waals surface area contributed by atoms with Gasteiger partial charge in [0.15, 0.2) is 5.78 Å². The second-order valence-corrected chi connectivity index (χ2v) is 6.67. The molecule has 11 heteroatoms. The summed E-state index contributed by atoms with van der Waals surface area (Å²) in [7, 11) is -1.77. The van der Waals surface area contributed by atoms with Gasteiger partial charge in [0.2, 0.25) is 5.82 Å². The predicted octanol–water partition coefficient (Wildman–Crippen LogP) is 3.28. The Morgan fingerprint density at radius 2 is 1.96 bits per heavy atom. The molecular formula is C16H9F4N3O3S. The minimum Gasteiger partial charge on any atom is -0.329 e. The van der Waals surface area contributed by atoms with E-state index in [4.69, 9.17) is 0 Å². The molecule has 2 aromatic heterocycles. The molecule has 3 rings (SSSR count). The fraction of sp³-hybridized carbons (Fsp3) is 0.125. The molecule has 0 aliphatic rings. The number of ketones is 1. The minimum atomic E-state index is -4.77. The molecule has 1 unspecified atom stereocenters. The number of alkyl halides is 3. The first-order valence-corrected chi connectivity index (χ1v) is 8.60. The third kappa shape index (κ3) is 4.42. The lowest BCUT2D eigenvalue weighted by atomic mass is 10.2. The highest BCUT2D eigenvalue weighted by atomic mass is 32.2. The van der Waals surface area contributed by atoms with E-state index in [0.29, 0.717) is 0 Å². The Morgan fingerprint density at radius 3 is 2.56 bits per heavy atom. The number of nitrogens with zero attached hydrogens (tertiary/aromatic N) is 3. The smallest absolute Gasteiger partial charge is 0.329 e. The summed E-state index contributed by atoms with van der Waals surface area (Å²) in [6.07, 6.45) is -3.67. The zero-order chi connectivity index (χ0) is 19.6. The Morgan fingerprint density at radius 1 is 1.19 bits per heavy atom. The maximum atomic E-state index is 13.1. The molecule has 0 amide bonds. The molecule has 0 radical (unpaired) electrons. The molecule has 0 aliphatic heterocycles. The van der Waals surface area contributed by atoms with Gasteiger partial charge in [0.05, 0.1) is 16.6 Å². The third-order valence-corrected chi connectivity index (χ3v) is 4.60. The molecule has 0 N–H and O–H groups in total. The summed E-state index contributed by atoms with van der Waals surface area (Å²) < 4.78 is 66.8. The molecule has 1 atom stereocenters. The van der Waals surface area contributed by atoms with E-state index in [9.17, 15) is 26.6 Å². The van der Waals surface area contributed by atoms with Crippen molar-refractivity contribution >= 4 is 16.6 Å². The van der Waals surface area contributed by atoms with E-state index in [1.54, 1.807) is 0 Å². The second-order valence-electron chi connectivity index (χ2n) is 5.22. The number of benzene rings is 1. The fourth-order valence-electron chi connectivity index (χ4n) is 2.03. The maximum absolute atomic E-state index is 13.1. The van der Waals surface area contributed by atoms with E-state index < -0.39 is 40.2 Å². The molecule has 1 aromatic carbocycles. The van der Waals surface area contributed by atoms with Gasteiger partial charge in [-0.25, -0.2) is 4.39 Å². The average Bonchev–Trinajstić information content (AvgIpc) is 3.12. The summed E-state index contributed by atoms with van der Waals surface area (Å²) in [5, 5.41) is 3.21. The normalized spacial score (nSPS) is 12.7. The highest BCUT2D eigenvalue weighted by Crippen LogP contribution is 2.29. The number of aromatic nitrogens is 3. The van der Waals surface area contributed by atoms with Crippen LogP contribution in [0.25, 0.3) is 11.4 Å². The van der Waals surface area contributed by atoms with Crippen LogP contribution in [0, 0.1) is 5.82 Å². The summed E-state index contributed by atoms with van der Waals surface area (Å²) in [6, 6.07) is 7.58. The van der Waals surface area contributed by atoms with Crippen LogP contribution in [0.4, 0.5) is 17.6 Å². The number of Topliss-reactive ketones (excluding diaryl/α,β-unsaturated/α-hetero) is 1. The number of carbonyl (C=O) groups excluding carboxylic acids is 1. The molecule has 0 spiro atoms. The molecule has 3 aromatic rings. The van der Waals surface area contributed by atoms with Gasteiger partial charge in [-0.2, -0.15) is 18.2 Å². The summed E-state index contributed by atoms with van der Waals surface area (Å²) in [4.78, 5) is 19.3. The van der Waals surface area contributed by atoms with Gasteiger partial charge in [0.25, 0.3) is 0 Å². The van der Waals surface area contributed by atoms with Crippen LogP contribution < -0.4 is 0 Å². The molecule has 0 saturated carbocycles. The highest BCUT2D eigenvalue weighted by molar-refractivity contribution is 7.85. The molecule has 0 fully saturated rings. The summed E-state index contributed by atoms with van der Waals surface area (Å²) in [5.74, 6) is -3.40. The Hall–Kier alpha value is -2.95. The van der Waals surface area contributed by atoms with E-state index in [1.165, 1.54) is 30.3 Å². The van der Waals surface area contributed by atoms with Crippen molar-refractivity contribution in [2.45, 2.75) is 11.1 Å². The van der Waals surface area contributed by atoms with Crippen molar-refractivity contribution in [1.82, 2.24) is 15.1 Å². The number of rotatable bonds is 5. The standard InChI is InChI=1S/C16H9F4N3O3S/c17-10-2-1-3-11(6-10)27(25)8-13(24)12-5-4-9(7-21-12)14-22-15(26-23-14)16(18,19)20/h1-7H,8H2. The van der Waals surface area contributed by atoms with Crippen LogP contribution in [0.1, 0.15) is 16.4 Å². The molecule has 140 valence electrons. The Kier molecular flexibility index (Phi) is 5.13. The number of halogens is 4. The van der Waals surface area contributed by atoms with Crippen molar-refractivity contribution in [3.63, 3.8) is 0 Å².